The number of ether oxygens (including phenoxy) is 1. The molecule has 0 saturated carbocycles. The van der Waals surface area contributed by atoms with Gasteiger partial charge in [0.05, 0.1) is 12.7 Å². The SMILES string of the molecule is COc1ccc(C(=O)O)cc1S(=O)(=O)F. The largest absolute Gasteiger partial charge is 0.495 e. The van der Waals surface area contributed by atoms with E-state index in [0.29, 0.717) is 6.07 Å². The fourth-order valence-electron chi connectivity index (χ4n) is 1.00. The fourth-order valence-corrected chi connectivity index (χ4v) is 1.66. The van der Waals surface area contributed by atoms with Crippen molar-refractivity contribution < 1.29 is 26.9 Å². The molecule has 0 amide bonds. The number of rotatable bonds is 3. The first-order chi connectivity index (χ1) is 6.86. The van der Waals surface area contributed by atoms with Crippen molar-refractivity contribution in [1.29, 1.82) is 0 Å². The van der Waals surface area contributed by atoms with Gasteiger partial charge < -0.3 is 9.84 Å². The smallest absolute Gasteiger partial charge is 0.335 e. The van der Waals surface area contributed by atoms with Gasteiger partial charge in [0.15, 0.2) is 0 Å². The molecule has 0 spiro atoms. The molecule has 15 heavy (non-hydrogen) atoms. The predicted octanol–water partition coefficient (Wildman–Crippen LogP) is 1.05. The highest BCUT2D eigenvalue weighted by molar-refractivity contribution is 7.86. The number of halogens is 1. The summed E-state index contributed by atoms with van der Waals surface area (Å²) in [6.45, 7) is 0. The van der Waals surface area contributed by atoms with E-state index >= 15 is 0 Å². The molecule has 0 aliphatic heterocycles. The van der Waals surface area contributed by atoms with Gasteiger partial charge >= 0.3 is 16.2 Å². The molecule has 82 valence electrons. The predicted molar refractivity (Wildman–Crippen MR) is 48.2 cm³/mol. The van der Waals surface area contributed by atoms with Crippen molar-refractivity contribution >= 4 is 16.2 Å². The summed E-state index contributed by atoms with van der Waals surface area (Å²) in [7, 11) is -3.83. The maximum absolute atomic E-state index is 12.7. The van der Waals surface area contributed by atoms with E-state index < -0.39 is 21.1 Å². The van der Waals surface area contributed by atoms with E-state index in [1.807, 2.05) is 0 Å². The lowest BCUT2D eigenvalue weighted by Crippen LogP contribution is -2.02. The molecule has 1 aromatic rings. The van der Waals surface area contributed by atoms with Crippen LogP contribution in [0.4, 0.5) is 3.89 Å². The average molecular weight is 234 g/mol. The van der Waals surface area contributed by atoms with Crippen LogP contribution in [0.2, 0.25) is 0 Å². The number of aromatic carboxylic acids is 1. The van der Waals surface area contributed by atoms with Gasteiger partial charge in [-0.2, -0.15) is 8.42 Å². The van der Waals surface area contributed by atoms with E-state index in [9.17, 15) is 17.1 Å². The van der Waals surface area contributed by atoms with E-state index in [2.05, 4.69) is 4.74 Å². The summed E-state index contributed by atoms with van der Waals surface area (Å²) in [4.78, 5) is 9.73. The first-order valence-corrected chi connectivity index (χ1v) is 5.10. The first kappa shape index (κ1) is 11.4. The van der Waals surface area contributed by atoms with Crippen LogP contribution in [0, 0.1) is 0 Å². The number of hydrogen-bond acceptors (Lipinski definition) is 4. The van der Waals surface area contributed by atoms with Crippen LogP contribution in [0.1, 0.15) is 10.4 Å². The molecule has 0 radical (unpaired) electrons. The second-order valence-corrected chi connectivity index (χ2v) is 3.92. The van der Waals surface area contributed by atoms with Gasteiger partial charge in [0.1, 0.15) is 10.6 Å². The molecule has 0 aliphatic rings. The monoisotopic (exact) mass is 234 g/mol. The molecule has 0 bridgehead atoms. The molecule has 0 unspecified atom stereocenters. The molecule has 7 heteroatoms. The normalized spacial score (nSPS) is 11.1. The molecule has 0 aromatic heterocycles. The highest BCUT2D eigenvalue weighted by Gasteiger charge is 2.20. The number of carbonyl (C=O) groups is 1. The lowest BCUT2D eigenvalue weighted by atomic mass is 10.2. The molecule has 0 aliphatic carbocycles. The van der Waals surface area contributed by atoms with Crippen molar-refractivity contribution in [2.45, 2.75) is 4.90 Å². The molecule has 1 rings (SSSR count). The van der Waals surface area contributed by atoms with E-state index in [-0.39, 0.29) is 11.3 Å². The Labute approximate surface area is 85.3 Å². The number of benzene rings is 1. The van der Waals surface area contributed by atoms with Crippen LogP contribution < -0.4 is 4.74 Å². The Kier molecular flexibility index (Phi) is 2.94. The topological polar surface area (TPSA) is 80.7 Å². The molecule has 5 nitrogen and oxygen atoms in total. The zero-order chi connectivity index (χ0) is 11.6. The van der Waals surface area contributed by atoms with Gasteiger partial charge in [-0.1, -0.05) is 0 Å². The molecule has 1 N–H and O–H groups in total. The van der Waals surface area contributed by atoms with Gasteiger partial charge in [0, 0.05) is 0 Å². The Morgan fingerprint density at radius 3 is 2.47 bits per heavy atom. The summed E-state index contributed by atoms with van der Waals surface area (Å²) in [5.41, 5.74) is -0.327. The molecule has 0 heterocycles. The third kappa shape index (κ3) is 2.44. The summed E-state index contributed by atoms with van der Waals surface area (Å²) in [5, 5.41) is 8.58. The Morgan fingerprint density at radius 2 is 2.07 bits per heavy atom. The molecular formula is C8H7FO5S. The van der Waals surface area contributed by atoms with Crippen LogP contribution in [-0.4, -0.2) is 26.6 Å². The van der Waals surface area contributed by atoms with Crippen LogP contribution in [0.3, 0.4) is 0 Å². The summed E-state index contributed by atoms with van der Waals surface area (Å²) >= 11 is 0. The van der Waals surface area contributed by atoms with E-state index in [1.54, 1.807) is 0 Å². The first-order valence-electron chi connectivity index (χ1n) is 3.72. The second-order valence-electron chi connectivity index (χ2n) is 2.61. The minimum atomic E-state index is -4.99. The minimum absolute atomic E-state index is 0.234. The van der Waals surface area contributed by atoms with Crippen molar-refractivity contribution in [1.82, 2.24) is 0 Å². The lowest BCUT2D eigenvalue weighted by Gasteiger charge is -2.05. The van der Waals surface area contributed by atoms with Crippen molar-refractivity contribution in [2.24, 2.45) is 0 Å². The van der Waals surface area contributed by atoms with E-state index in [4.69, 9.17) is 5.11 Å². The average Bonchev–Trinajstić information content (AvgIpc) is 2.15. The van der Waals surface area contributed by atoms with Crippen molar-refractivity contribution in [3.63, 3.8) is 0 Å². The Morgan fingerprint density at radius 1 is 1.47 bits per heavy atom. The molecular weight excluding hydrogens is 227 g/mol. The Hall–Kier alpha value is -1.63. The van der Waals surface area contributed by atoms with Crippen LogP contribution in [0.25, 0.3) is 0 Å². The molecule has 0 atom stereocenters. The summed E-state index contributed by atoms with van der Waals surface area (Å²) in [6.07, 6.45) is 0. The second kappa shape index (κ2) is 3.85. The Bertz CT molecular complexity index is 494. The number of carboxylic acid groups (broad SMARTS) is 1. The highest BCUT2D eigenvalue weighted by Crippen LogP contribution is 2.26. The zero-order valence-electron chi connectivity index (χ0n) is 7.60. The Balaban J connectivity index is 3.46. The lowest BCUT2D eigenvalue weighted by molar-refractivity contribution is 0.0696. The summed E-state index contributed by atoms with van der Waals surface area (Å²) in [5.74, 6) is -1.58. The van der Waals surface area contributed by atoms with Gasteiger partial charge in [0.2, 0.25) is 0 Å². The van der Waals surface area contributed by atoms with Crippen LogP contribution in [0.5, 0.6) is 5.75 Å². The van der Waals surface area contributed by atoms with Crippen molar-refractivity contribution in [3.05, 3.63) is 23.8 Å². The maximum atomic E-state index is 12.7. The molecule has 0 saturated heterocycles. The number of hydrogen-bond donors (Lipinski definition) is 1. The van der Waals surface area contributed by atoms with Gasteiger partial charge in [0.25, 0.3) is 0 Å². The quantitative estimate of drug-likeness (QED) is 0.790. The third-order valence-electron chi connectivity index (χ3n) is 1.67. The molecule has 1 aromatic carbocycles. The van der Waals surface area contributed by atoms with Crippen LogP contribution in [0.15, 0.2) is 23.1 Å². The summed E-state index contributed by atoms with van der Waals surface area (Å²) < 4.78 is 38.6. The van der Waals surface area contributed by atoms with Gasteiger partial charge in [-0.15, -0.1) is 3.89 Å². The fraction of sp³-hybridized carbons (Fsp3) is 0.125. The van der Waals surface area contributed by atoms with E-state index in [1.165, 1.54) is 0 Å². The number of carboxylic acids is 1. The molecule has 0 fully saturated rings. The minimum Gasteiger partial charge on any atom is -0.495 e. The third-order valence-corrected chi connectivity index (χ3v) is 2.52. The zero-order valence-corrected chi connectivity index (χ0v) is 8.41. The van der Waals surface area contributed by atoms with Gasteiger partial charge in [-0.25, -0.2) is 4.79 Å². The standard InChI is InChI=1S/C8H7FO5S/c1-14-6-3-2-5(8(10)11)4-7(6)15(9,12)13/h2-4H,1H3,(H,10,11). The highest BCUT2D eigenvalue weighted by atomic mass is 32.3. The summed E-state index contributed by atoms with van der Waals surface area (Å²) in [6, 6.07) is 2.91. The maximum Gasteiger partial charge on any atom is 0.335 e. The van der Waals surface area contributed by atoms with E-state index in [0.717, 1.165) is 19.2 Å². The van der Waals surface area contributed by atoms with Gasteiger partial charge in [-0.3, -0.25) is 0 Å². The van der Waals surface area contributed by atoms with Gasteiger partial charge in [-0.05, 0) is 18.2 Å². The van der Waals surface area contributed by atoms with Crippen LogP contribution >= 0.6 is 0 Å². The van der Waals surface area contributed by atoms with Crippen molar-refractivity contribution in [3.8, 4) is 5.75 Å². The number of methoxy groups -OCH3 is 1. The van der Waals surface area contributed by atoms with Crippen molar-refractivity contribution in [2.75, 3.05) is 7.11 Å². The van der Waals surface area contributed by atoms with Crippen LogP contribution in [-0.2, 0) is 10.2 Å².